The van der Waals surface area contributed by atoms with E-state index >= 15 is 0 Å². The van der Waals surface area contributed by atoms with Crippen molar-refractivity contribution in [3.8, 4) is 5.69 Å². The summed E-state index contributed by atoms with van der Waals surface area (Å²) in [5.41, 5.74) is 4.56. The maximum absolute atomic E-state index is 10.8. The molecule has 0 aliphatic rings. The van der Waals surface area contributed by atoms with Gasteiger partial charge in [0.1, 0.15) is 0 Å². The van der Waals surface area contributed by atoms with Crippen molar-refractivity contribution in [2.45, 2.75) is 38.8 Å². The maximum atomic E-state index is 10.8. The Morgan fingerprint density at radius 3 is 2.43 bits per heavy atom. The van der Waals surface area contributed by atoms with Crippen LogP contribution in [0.3, 0.4) is 0 Å². The third-order valence-electron chi connectivity index (χ3n) is 3.32. The molecule has 1 heterocycles. The molecule has 0 aliphatic carbocycles. The quantitative estimate of drug-likeness (QED) is 0.830. The second-order valence-corrected chi connectivity index (χ2v) is 5.79. The van der Waals surface area contributed by atoms with Crippen molar-refractivity contribution >= 4 is 17.7 Å². The van der Waals surface area contributed by atoms with Gasteiger partial charge in [0.15, 0.2) is 5.16 Å². The number of aliphatic carboxylic acids is 1. The largest absolute Gasteiger partial charge is 0.481 e. The fourth-order valence-electron chi connectivity index (χ4n) is 2.39. The molecule has 2 rings (SSSR count). The average Bonchev–Trinajstić information content (AvgIpc) is 2.84. The lowest BCUT2D eigenvalue weighted by Crippen LogP contribution is -2.06. The lowest BCUT2D eigenvalue weighted by molar-refractivity contribution is -0.133. The Labute approximate surface area is 129 Å². The molecule has 0 saturated heterocycles. The third kappa shape index (κ3) is 3.47. The summed E-state index contributed by atoms with van der Waals surface area (Å²) < 4.78 is 2.04. The van der Waals surface area contributed by atoms with Crippen LogP contribution in [-0.4, -0.2) is 26.4 Å². The minimum absolute atomic E-state index is 0.0200. The van der Waals surface area contributed by atoms with Gasteiger partial charge in [0.05, 0.1) is 17.1 Å². The molecule has 112 valence electrons. The Balaban J connectivity index is 2.53. The Kier molecular flexibility index (Phi) is 5.07. The summed E-state index contributed by atoms with van der Waals surface area (Å²) in [6, 6.07) is 6.32. The molecule has 0 saturated carbocycles. The summed E-state index contributed by atoms with van der Waals surface area (Å²) in [6.45, 7) is 6.19. The summed E-state index contributed by atoms with van der Waals surface area (Å²) in [7, 11) is 0. The Hall–Kier alpha value is -1.75. The number of imidazole rings is 1. The molecule has 2 aromatic rings. The number of benzene rings is 1. The van der Waals surface area contributed by atoms with Crippen LogP contribution < -0.4 is 0 Å². The molecule has 21 heavy (non-hydrogen) atoms. The molecule has 5 heteroatoms. The lowest BCUT2D eigenvalue weighted by atomic mass is 10.0. The Morgan fingerprint density at radius 2 is 1.90 bits per heavy atom. The molecule has 0 atom stereocenters. The van der Waals surface area contributed by atoms with Crippen LogP contribution in [0.4, 0.5) is 0 Å². The molecule has 4 nitrogen and oxygen atoms in total. The molecule has 0 fully saturated rings. The van der Waals surface area contributed by atoms with Crippen LogP contribution in [-0.2, 0) is 17.6 Å². The number of nitrogens with zero attached hydrogens (tertiary/aromatic N) is 2. The summed E-state index contributed by atoms with van der Waals surface area (Å²) in [4.78, 5) is 15.3. The lowest BCUT2D eigenvalue weighted by Gasteiger charge is -2.15. The van der Waals surface area contributed by atoms with E-state index < -0.39 is 5.97 Å². The first-order valence-corrected chi connectivity index (χ1v) is 8.07. The monoisotopic (exact) mass is 304 g/mol. The molecule has 1 aromatic carbocycles. The van der Waals surface area contributed by atoms with E-state index in [2.05, 4.69) is 37.0 Å². The predicted molar refractivity (Wildman–Crippen MR) is 85.4 cm³/mol. The van der Waals surface area contributed by atoms with E-state index in [1.54, 1.807) is 0 Å². The summed E-state index contributed by atoms with van der Waals surface area (Å²) in [6.07, 6.45) is 3.85. The highest BCUT2D eigenvalue weighted by atomic mass is 32.2. The number of rotatable bonds is 6. The van der Waals surface area contributed by atoms with Gasteiger partial charge in [-0.2, -0.15) is 0 Å². The number of hydrogen-bond donors (Lipinski definition) is 1. The van der Waals surface area contributed by atoms with E-state index in [4.69, 9.17) is 5.11 Å². The Bertz CT molecular complexity index is 627. The summed E-state index contributed by atoms with van der Waals surface area (Å²) in [5, 5.41) is 9.63. The van der Waals surface area contributed by atoms with E-state index in [1.807, 2.05) is 17.7 Å². The molecule has 0 unspecified atom stereocenters. The molecule has 0 bridgehead atoms. The normalized spacial score (nSPS) is 10.8. The zero-order valence-corrected chi connectivity index (χ0v) is 13.4. The maximum Gasteiger partial charge on any atom is 0.313 e. The molecular formula is C16H20N2O2S. The van der Waals surface area contributed by atoms with Gasteiger partial charge in [-0.25, -0.2) is 4.98 Å². The zero-order valence-electron chi connectivity index (χ0n) is 12.6. The first kappa shape index (κ1) is 15.6. The highest BCUT2D eigenvalue weighted by Crippen LogP contribution is 2.27. The SMILES string of the molecule is CCc1cccc(CC)c1-n1cc(C)nc1SCC(=O)O. The Morgan fingerprint density at radius 1 is 1.29 bits per heavy atom. The standard InChI is InChI=1S/C16H20N2O2S/c1-4-12-7-6-8-13(5-2)15(12)18-9-11(3)17-16(18)21-10-14(19)20/h6-9H,4-5,10H2,1-3H3,(H,19,20). The molecule has 1 N–H and O–H groups in total. The van der Waals surface area contributed by atoms with Gasteiger partial charge in [0, 0.05) is 6.20 Å². The first-order valence-electron chi connectivity index (χ1n) is 7.08. The second kappa shape index (κ2) is 6.80. The molecule has 1 aromatic heterocycles. The van der Waals surface area contributed by atoms with Crippen molar-refractivity contribution in [3.63, 3.8) is 0 Å². The van der Waals surface area contributed by atoms with Crippen LogP contribution in [0.2, 0.25) is 0 Å². The van der Waals surface area contributed by atoms with Gasteiger partial charge >= 0.3 is 5.97 Å². The first-order chi connectivity index (χ1) is 10.1. The van der Waals surface area contributed by atoms with Crippen LogP contribution in [0.15, 0.2) is 29.6 Å². The van der Waals surface area contributed by atoms with E-state index in [-0.39, 0.29) is 5.75 Å². The van der Waals surface area contributed by atoms with Crippen LogP contribution in [0.5, 0.6) is 0 Å². The van der Waals surface area contributed by atoms with Gasteiger partial charge in [-0.1, -0.05) is 43.8 Å². The molecule has 0 amide bonds. The van der Waals surface area contributed by atoms with E-state index in [9.17, 15) is 4.79 Å². The minimum atomic E-state index is -0.827. The number of thioether (sulfide) groups is 1. The van der Waals surface area contributed by atoms with E-state index in [1.165, 1.54) is 22.9 Å². The molecule has 0 spiro atoms. The highest BCUT2D eigenvalue weighted by molar-refractivity contribution is 7.99. The smallest absolute Gasteiger partial charge is 0.313 e. The van der Waals surface area contributed by atoms with Gasteiger partial charge in [0.25, 0.3) is 0 Å². The summed E-state index contributed by atoms with van der Waals surface area (Å²) >= 11 is 1.26. The number of hydrogen-bond acceptors (Lipinski definition) is 3. The number of carboxylic acid groups (broad SMARTS) is 1. The van der Waals surface area contributed by atoms with E-state index in [0.717, 1.165) is 29.4 Å². The average molecular weight is 304 g/mol. The zero-order chi connectivity index (χ0) is 15.4. The molecule has 0 radical (unpaired) electrons. The van der Waals surface area contributed by atoms with Gasteiger partial charge in [-0.3, -0.25) is 9.36 Å². The van der Waals surface area contributed by atoms with Gasteiger partial charge in [-0.05, 0) is 30.9 Å². The van der Waals surface area contributed by atoms with Gasteiger partial charge in [-0.15, -0.1) is 0 Å². The highest BCUT2D eigenvalue weighted by Gasteiger charge is 2.15. The fourth-order valence-corrected chi connectivity index (χ4v) is 3.13. The van der Waals surface area contributed by atoms with Gasteiger partial charge < -0.3 is 5.11 Å². The van der Waals surface area contributed by atoms with Crippen molar-refractivity contribution in [1.29, 1.82) is 0 Å². The van der Waals surface area contributed by atoms with Crippen LogP contribution in [0.25, 0.3) is 5.69 Å². The topological polar surface area (TPSA) is 55.1 Å². The number of carbonyl (C=O) groups is 1. The minimum Gasteiger partial charge on any atom is -0.481 e. The van der Waals surface area contributed by atoms with Crippen molar-refractivity contribution < 1.29 is 9.90 Å². The van der Waals surface area contributed by atoms with Crippen LogP contribution >= 0.6 is 11.8 Å². The van der Waals surface area contributed by atoms with Gasteiger partial charge in [0.2, 0.25) is 0 Å². The van der Waals surface area contributed by atoms with Crippen molar-refractivity contribution in [3.05, 3.63) is 41.2 Å². The fraction of sp³-hybridized carbons (Fsp3) is 0.375. The number of carboxylic acids is 1. The summed E-state index contributed by atoms with van der Waals surface area (Å²) in [5.74, 6) is -0.807. The van der Waals surface area contributed by atoms with Crippen LogP contribution in [0.1, 0.15) is 30.7 Å². The number of para-hydroxylation sites is 1. The molecular weight excluding hydrogens is 284 g/mol. The van der Waals surface area contributed by atoms with Crippen molar-refractivity contribution in [2.75, 3.05) is 5.75 Å². The number of aryl methyl sites for hydroxylation is 3. The predicted octanol–water partition coefficient (Wildman–Crippen LogP) is 3.48. The third-order valence-corrected chi connectivity index (χ3v) is 4.26. The van der Waals surface area contributed by atoms with Crippen molar-refractivity contribution in [1.82, 2.24) is 9.55 Å². The second-order valence-electron chi connectivity index (χ2n) is 4.85. The van der Waals surface area contributed by atoms with Crippen LogP contribution in [0, 0.1) is 6.92 Å². The number of aromatic nitrogens is 2. The molecule has 0 aliphatic heterocycles. The van der Waals surface area contributed by atoms with Crippen molar-refractivity contribution in [2.24, 2.45) is 0 Å². The van der Waals surface area contributed by atoms with E-state index in [0.29, 0.717) is 0 Å².